The molecule has 5 heterocycles. The Morgan fingerprint density at radius 1 is 1.13 bits per heavy atom. The van der Waals surface area contributed by atoms with E-state index in [9.17, 15) is 19.1 Å². The van der Waals surface area contributed by atoms with Gasteiger partial charge >= 0.3 is 0 Å². The van der Waals surface area contributed by atoms with Gasteiger partial charge in [0.1, 0.15) is 35.4 Å². The lowest BCUT2D eigenvalue weighted by molar-refractivity contribution is -0.129. The van der Waals surface area contributed by atoms with E-state index in [0.29, 0.717) is 62.2 Å². The number of aromatic nitrogens is 5. The minimum atomic E-state index is -0.870. The Balaban J connectivity index is 1.53. The number of benzene rings is 2. The maximum absolute atomic E-state index is 16.0. The summed E-state index contributed by atoms with van der Waals surface area (Å²) in [6.07, 6.45) is 2.89. The number of aliphatic hydroxyl groups excluding tert-OH is 1. The lowest BCUT2D eigenvalue weighted by atomic mass is 9.96. The second kappa shape index (κ2) is 11.8. The summed E-state index contributed by atoms with van der Waals surface area (Å²) in [5.74, 6) is -2.00. The SMILES string of the molecule is C=CC(=O)N1CCn2nc(-c3nc(-c4ccc5cnn(C)c(=O)c5c4)c4ccsc4c3-c3c(F)cc(F)cc3OCCO)cc2[C@H]1C. The number of aliphatic hydroxyl groups is 1. The smallest absolute Gasteiger partial charge is 0.274 e. The lowest BCUT2D eigenvalue weighted by Gasteiger charge is -2.33. The topological polar surface area (TPSA) is 115 Å². The molecular formula is C34H28F2N6O4S. The second-order valence-corrected chi connectivity index (χ2v) is 12.1. The Bertz CT molecular complexity index is 2290. The first kappa shape index (κ1) is 30.4. The van der Waals surface area contributed by atoms with Gasteiger partial charge in [0.2, 0.25) is 5.91 Å². The van der Waals surface area contributed by atoms with Crippen molar-refractivity contribution in [1.82, 2.24) is 29.4 Å². The molecule has 47 heavy (non-hydrogen) atoms. The van der Waals surface area contributed by atoms with E-state index in [0.717, 1.165) is 17.8 Å². The van der Waals surface area contributed by atoms with Crippen LogP contribution >= 0.6 is 11.3 Å². The first-order valence-electron chi connectivity index (χ1n) is 14.8. The quantitative estimate of drug-likeness (QED) is 0.227. The van der Waals surface area contributed by atoms with Crippen LogP contribution in [0.2, 0.25) is 0 Å². The molecule has 13 heteroatoms. The number of pyridine rings is 1. The maximum Gasteiger partial charge on any atom is 0.274 e. The van der Waals surface area contributed by atoms with E-state index in [1.165, 1.54) is 22.1 Å². The van der Waals surface area contributed by atoms with Crippen LogP contribution in [0.4, 0.5) is 8.78 Å². The number of carbonyl (C=O) groups excluding carboxylic acids is 1. The third-order valence-electron chi connectivity index (χ3n) is 8.41. The Hall–Kier alpha value is -5.27. The van der Waals surface area contributed by atoms with Gasteiger partial charge in [0, 0.05) is 52.3 Å². The van der Waals surface area contributed by atoms with Crippen LogP contribution in [-0.2, 0) is 18.4 Å². The summed E-state index contributed by atoms with van der Waals surface area (Å²) in [5, 5.41) is 22.1. The van der Waals surface area contributed by atoms with Crippen LogP contribution in [0.3, 0.4) is 0 Å². The number of amides is 1. The van der Waals surface area contributed by atoms with Gasteiger partial charge in [-0.25, -0.2) is 18.4 Å². The van der Waals surface area contributed by atoms with Crippen molar-refractivity contribution in [3.63, 3.8) is 0 Å². The van der Waals surface area contributed by atoms with E-state index >= 15 is 4.39 Å². The fourth-order valence-electron chi connectivity index (χ4n) is 6.14. The second-order valence-electron chi connectivity index (χ2n) is 11.1. The van der Waals surface area contributed by atoms with Crippen molar-refractivity contribution in [2.24, 2.45) is 7.05 Å². The molecule has 0 aliphatic carbocycles. The van der Waals surface area contributed by atoms with Crippen molar-refractivity contribution in [1.29, 1.82) is 0 Å². The van der Waals surface area contributed by atoms with Gasteiger partial charge in [-0.2, -0.15) is 10.2 Å². The number of nitrogens with zero attached hydrogens (tertiary/aromatic N) is 6. The predicted octanol–water partition coefficient (Wildman–Crippen LogP) is 5.48. The number of hydrogen-bond donors (Lipinski definition) is 1. The zero-order valence-electron chi connectivity index (χ0n) is 25.4. The fourth-order valence-corrected chi connectivity index (χ4v) is 7.09. The highest BCUT2D eigenvalue weighted by atomic mass is 32.1. The molecule has 0 unspecified atom stereocenters. The number of carbonyl (C=O) groups is 1. The van der Waals surface area contributed by atoms with Crippen molar-refractivity contribution in [2.75, 3.05) is 19.8 Å². The number of fused-ring (bicyclic) bond motifs is 3. The van der Waals surface area contributed by atoms with Gasteiger partial charge in [-0.05, 0) is 36.6 Å². The third kappa shape index (κ3) is 5.07. The molecule has 0 saturated heterocycles. The van der Waals surface area contributed by atoms with E-state index < -0.39 is 11.6 Å². The van der Waals surface area contributed by atoms with Gasteiger partial charge in [0.15, 0.2) is 0 Å². The molecule has 2 aromatic carbocycles. The minimum absolute atomic E-state index is 0.0257. The number of hydrogen-bond acceptors (Lipinski definition) is 8. The van der Waals surface area contributed by atoms with E-state index in [2.05, 4.69) is 11.7 Å². The summed E-state index contributed by atoms with van der Waals surface area (Å²) in [6, 6.07) is 10.6. The number of thiophene rings is 1. The maximum atomic E-state index is 16.0. The Morgan fingerprint density at radius 3 is 2.74 bits per heavy atom. The van der Waals surface area contributed by atoms with Gasteiger partial charge in [0.05, 0.1) is 47.7 Å². The first-order chi connectivity index (χ1) is 22.7. The third-order valence-corrected chi connectivity index (χ3v) is 9.34. The Kier molecular flexibility index (Phi) is 7.65. The molecule has 0 bridgehead atoms. The zero-order valence-corrected chi connectivity index (χ0v) is 26.2. The molecule has 1 N–H and O–H groups in total. The zero-order chi connectivity index (χ0) is 33.0. The summed E-state index contributed by atoms with van der Waals surface area (Å²) in [7, 11) is 1.58. The Morgan fingerprint density at radius 2 is 1.96 bits per heavy atom. The molecule has 1 amide bonds. The average molecular weight is 655 g/mol. The van der Waals surface area contributed by atoms with E-state index in [1.54, 1.807) is 35.0 Å². The van der Waals surface area contributed by atoms with Crippen LogP contribution < -0.4 is 10.3 Å². The highest BCUT2D eigenvalue weighted by Gasteiger charge is 2.31. The van der Waals surface area contributed by atoms with Crippen molar-refractivity contribution in [2.45, 2.75) is 19.5 Å². The van der Waals surface area contributed by atoms with Crippen LogP contribution in [0.25, 0.3) is 54.6 Å². The molecule has 1 atom stereocenters. The summed E-state index contributed by atoms with van der Waals surface area (Å²) in [5.41, 5.74) is 2.68. The van der Waals surface area contributed by atoms with Crippen LogP contribution in [0.5, 0.6) is 5.75 Å². The van der Waals surface area contributed by atoms with Gasteiger partial charge in [0.25, 0.3) is 5.56 Å². The van der Waals surface area contributed by atoms with Crippen LogP contribution in [-0.4, -0.2) is 60.2 Å². The molecular weight excluding hydrogens is 626 g/mol. The number of ether oxygens (including phenoxy) is 1. The predicted molar refractivity (Wildman–Crippen MR) is 175 cm³/mol. The van der Waals surface area contributed by atoms with Gasteiger partial charge in [-0.1, -0.05) is 18.7 Å². The number of aryl methyl sites for hydroxylation is 1. The number of halogens is 2. The fraction of sp³-hybridized carbons (Fsp3) is 0.206. The van der Waals surface area contributed by atoms with Gasteiger partial charge < -0.3 is 14.7 Å². The standard InChI is InChI=1S/C34H28F2N6O4S/c1-4-28(44)41-8-9-42-26(18(41)2)16-25(39-42)32-30(29-24(36)14-21(35)15-27(29)46-11-10-43)33-22(7-12-47-33)31(38-32)19-5-6-20-17-37-40(3)34(45)23(20)13-19/h4-7,12-18,43H,1,8-11H2,2-3H3/t18-/m1/s1. The number of rotatable bonds is 7. The molecule has 0 spiro atoms. The van der Waals surface area contributed by atoms with Crippen molar-refractivity contribution in [3.05, 3.63) is 94.4 Å². The molecule has 6 aromatic rings. The van der Waals surface area contributed by atoms with Gasteiger partial charge in [-0.15, -0.1) is 11.3 Å². The summed E-state index contributed by atoms with van der Waals surface area (Å²) in [4.78, 5) is 32.4. The van der Waals surface area contributed by atoms with Crippen molar-refractivity contribution >= 4 is 38.1 Å². The van der Waals surface area contributed by atoms with E-state index in [1.807, 2.05) is 30.5 Å². The molecule has 1 aliphatic heterocycles. The Labute approximate surface area is 270 Å². The molecule has 4 aromatic heterocycles. The minimum Gasteiger partial charge on any atom is -0.490 e. The molecule has 0 fully saturated rings. The van der Waals surface area contributed by atoms with Crippen LogP contribution in [0.15, 0.2) is 71.5 Å². The van der Waals surface area contributed by atoms with Crippen molar-refractivity contribution < 1.29 is 23.4 Å². The summed E-state index contributed by atoms with van der Waals surface area (Å²) < 4.78 is 39.9. The van der Waals surface area contributed by atoms with Crippen LogP contribution in [0, 0.1) is 11.6 Å². The monoisotopic (exact) mass is 654 g/mol. The largest absolute Gasteiger partial charge is 0.490 e. The van der Waals surface area contributed by atoms with Crippen molar-refractivity contribution in [3.8, 4) is 39.5 Å². The van der Waals surface area contributed by atoms with Crippen LogP contribution in [0.1, 0.15) is 18.7 Å². The molecule has 0 radical (unpaired) electrons. The molecule has 238 valence electrons. The van der Waals surface area contributed by atoms with Gasteiger partial charge in [-0.3, -0.25) is 14.3 Å². The molecule has 1 aliphatic rings. The highest BCUT2D eigenvalue weighted by Crippen LogP contribution is 2.47. The van der Waals surface area contributed by atoms with E-state index in [4.69, 9.17) is 14.8 Å². The highest BCUT2D eigenvalue weighted by molar-refractivity contribution is 7.18. The molecule has 0 saturated carbocycles. The normalized spacial score (nSPS) is 14.5. The summed E-state index contributed by atoms with van der Waals surface area (Å²) in [6.45, 7) is 5.80. The lowest BCUT2D eigenvalue weighted by Crippen LogP contribution is -2.40. The first-order valence-corrected chi connectivity index (χ1v) is 15.7. The average Bonchev–Trinajstić information content (AvgIpc) is 3.73. The molecule has 7 rings (SSSR count). The summed E-state index contributed by atoms with van der Waals surface area (Å²) >= 11 is 1.34. The molecule has 10 nitrogen and oxygen atoms in total. The van der Waals surface area contributed by atoms with E-state index in [-0.39, 0.29) is 42.0 Å².